The van der Waals surface area contributed by atoms with Crippen LogP contribution in [0.3, 0.4) is 0 Å². The highest BCUT2D eigenvalue weighted by Crippen LogP contribution is 1.94. The second-order valence-electron chi connectivity index (χ2n) is 2.46. The van der Waals surface area contributed by atoms with E-state index in [1.54, 1.807) is 0 Å². The van der Waals surface area contributed by atoms with Crippen molar-refractivity contribution in [2.24, 2.45) is 0 Å². The molecule has 6 heteroatoms. The number of hydrogen-bond donors (Lipinski definition) is 3. The van der Waals surface area contributed by atoms with Gasteiger partial charge in [-0.25, -0.2) is 0 Å². The van der Waals surface area contributed by atoms with E-state index in [1.807, 2.05) is 0 Å². The zero-order valence-corrected chi connectivity index (χ0v) is 7.88. The zero-order chi connectivity index (χ0) is 8.81. The van der Waals surface area contributed by atoms with Gasteiger partial charge in [0.2, 0.25) is 0 Å². The number of rotatable bonds is 5. The number of nitrogens with zero attached hydrogens (tertiary/aromatic N) is 3. The molecule has 0 aliphatic heterocycles. The van der Waals surface area contributed by atoms with E-state index in [9.17, 15) is 0 Å². The van der Waals surface area contributed by atoms with Crippen LogP contribution in [0.5, 0.6) is 0 Å². The lowest BCUT2D eigenvalue weighted by Gasteiger charge is -2.07. The summed E-state index contributed by atoms with van der Waals surface area (Å²) in [5.41, 5.74) is 0. The van der Waals surface area contributed by atoms with Crippen molar-refractivity contribution in [2.75, 3.05) is 6.54 Å². The maximum absolute atomic E-state index is 4.29. The summed E-state index contributed by atoms with van der Waals surface area (Å²) in [5, 5.41) is 17.0. The Morgan fingerprint density at radius 1 is 1.67 bits per heavy atom. The lowest BCUT2D eigenvalue weighted by molar-refractivity contribution is 0.626. The topological polar surface area (TPSA) is 66.5 Å². The van der Waals surface area contributed by atoms with Gasteiger partial charge in [0.15, 0.2) is 5.82 Å². The first-order valence-corrected chi connectivity index (χ1v) is 4.48. The number of thiol groups is 1. The fraction of sp³-hybridized carbons (Fsp3) is 0.833. The Morgan fingerprint density at radius 3 is 3.08 bits per heavy atom. The van der Waals surface area contributed by atoms with E-state index in [0.717, 1.165) is 25.2 Å². The molecule has 0 saturated carbocycles. The highest BCUT2D eigenvalue weighted by Gasteiger charge is 2.00. The van der Waals surface area contributed by atoms with Crippen molar-refractivity contribution in [3.63, 3.8) is 0 Å². The molecular weight excluding hydrogens is 174 g/mol. The fourth-order valence-electron chi connectivity index (χ4n) is 0.783. The van der Waals surface area contributed by atoms with Gasteiger partial charge in [0.05, 0.1) is 0 Å². The van der Waals surface area contributed by atoms with E-state index in [1.165, 1.54) is 0 Å². The summed E-state index contributed by atoms with van der Waals surface area (Å²) >= 11 is 4.29. The minimum Gasteiger partial charge on any atom is -0.305 e. The Hall–Kier alpha value is -0.620. The molecule has 12 heavy (non-hydrogen) atoms. The lowest BCUT2D eigenvalue weighted by atomic mass is 10.4. The van der Waals surface area contributed by atoms with Gasteiger partial charge in [-0.2, -0.15) is 17.8 Å². The standard InChI is InChI=1S/C6H13N5S/c1-2-6(12)7-4-3-5-8-10-11-9-5/h6-7,12H,2-4H2,1H3,(H,8,9,10,11). The SMILES string of the molecule is CCC(S)NCCc1nn[nH]n1. The van der Waals surface area contributed by atoms with Gasteiger partial charge < -0.3 is 5.32 Å². The Bertz CT molecular complexity index is 200. The molecule has 0 radical (unpaired) electrons. The largest absolute Gasteiger partial charge is 0.305 e. The van der Waals surface area contributed by atoms with Crippen LogP contribution in [0.1, 0.15) is 19.2 Å². The average Bonchev–Trinajstić information content (AvgIpc) is 2.57. The van der Waals surface area contributed by atoms with Gasteiger partial charge >= 0.3 is 0 Å². The van der Waals surface area contributed by atoms with E-state index >= 15 is 0 Å². The number of tetrazole rings is 1. The Morgan fingerprint density at radius 2 is 2.50 bits per heavy atom. The van der Waals surface area contributed by atoms with E-state index in [0.29, 0.717) is 0 Å². The van der Waals surface area contributed by atoms with E-state index in [2.05, 4.69) is 45.5 Å². The molecule has 1 atom stereocenters. The van der Waals surface area contributed by atoms with Crippen LogP contribution in [0.4, 0.5) is 0 Å². The van der Waals surface area contributed by atoms with Crippen molar-refractivity contribution in [3.05, 3.63) is 5.82 Å². The third kappa shape index (κ3) is 3.19. The lowest BCUT2D eigenvalue weighted by Crippen LogP contribution is -2.25. The predicted octanol–water partition coefficient (Wildman–Crippen LogP) is -0.00230. The second kappa shape index (κ2) is 5.10. The quantitative estimate of drug-likeness (QED) is 0.448. The first-order chi connectivity index (χ1) is 5.83. The second-order valence-corrected chi connectivity index (χ2v) is 3.08. The molecule has 1 aromatic heterocycles. The Kier molecular flexibility index (Phi) is 4.02. The number of aromatic amines is 1. The van der Waals surface area contributed by atoms with Crippen LogP contribution in [0.2, 0.25) is 0 Å². The molecule has 1 unspecified atom stereocenters. The number of H-pyrrole nitrogens is 1. The predicted molar refractivity (Wildman–Crippen MR) is 48.9 cm³/mol. The highest BCUT2D eigenvalue weighted by atomic mass is 32.1. The maximum Gasteiger partial charge on any atom is 0.175 e. The minimum absolute atomic E-state index is 0.261. The molecule has 5 nitrogen and oxygen atoms in total. The van der Waals surface area contributed by atoms with Crippen LogP contribution in [-0.4, -0.2) is 32.5 Å². The molecule has 1 aromatic rings. The summed E-state index contributed by atoms with van der Waals surface area (Å²) in [6, 6.07) is 0. The molecule has 0 fully saturated rings. The molecule has 68 valence electrons. The van der Waals surface area contributed by atoms with Crippen molar-refractivity contribution in [1.29, 1.82) is 0 Å². The number of hydrogen-bond acceptors (Lipinski definition) is 5. The molecule has 0 aliphatic rings. The Labute approximate surface area is 76.7 Å². The maximum atomic E-state index is 4.29. The summed E-state index contributed by atoms with van der Waals surface area (Å²) < 4.78 is 0. The first kappa shape index (κ1) is 9.47. The molecule has 0 amide bonds. The highest BCUT2D eigenvalue weighted by molar-refractivity contribution is 7.80. The van der Waals surface area contributed by atoms with E-state index in [-0.39, 0.29) is 5.37 Å². The summed E-state index contributed by atoms with van der Waals surface area (Å²) in [4.78, 5) is 0. The molecule has 0 bridgehead atoms. The van der Waals surface area contributed by atoms with E-state index in [4.69, 9.17) is 0 Å². The third-order valence-electron chi connectivity index (χ3n) is 1.50. The van der Waals surface area contributed by atoms with Crippen LogP contribution >= 0.6 is 12.6 Å². The zero-order valence-electron chi connectivity index (χ0n) is 6.99. The van der Waals surface area contributed by atoms with Gasteiger partial charge in [-0.3, -0.25) is 0 Å². The van der Waals surface area contributed by atoms with Crippen molar-refractivity contribution in [1.82, 2.24) is 25.9 Å². The average molecular weight is 187 g/mol. The summed E-state index contributed by atoms with van der Waals surface area (Å²) in [6.07, 6.45) is 1.79. The minimum atomic E-state index is 0.261. The molecule has 2 N–H and O–H groups in total. The van der Waals surface area contributed by atoms with Crippen LogP contribution in [0.15, 0.2) is 0 Å². The molecule has 0 aliphatic carbocycles. The molecular formula is C6H13N5S. The molecule has 0 aromatic carbocycles. The molecule has 0 saturated heterocycles. The van der Waals surface area contributed by atoms with Crippen LogP contribution in [0, 0.1) is 0 Å². The molecule has 1 heterocycles. The third-order valence-corrected chi connectivity index (χ3v) is 2.05. The van der Waals surface area contributed by atoms with Crippen molar-refractivity contribution < 1.29 is 0 Å². The van der Waals surface area contributed by atoms with Gasteiger partial charge in [-0.15, -0.1) is 10.2 Å². The van der Waals surface area contributed by atoms with Crippen LogP contribution in [-0.2, 0) is 6.42 Å². The van der Waals surface area contributed by atoms with Gasteiger partial charge in [-0.05, 0) is 6.42 Å². The van der Waals surface area contributed by atoms with Crippen molar-refractivity contribution in [3.8, 4) is 0 Å². The molecule has 1 rings (SSSR count). The summed E-state index contributed by atoms with van der Waals surface area (Å²) in [5.74, 6) is 0.735. The Balaban J connectivity index is 2.11. The molecule has 0 spiro atoms. The number of aromatic nitrogens is 4. The van der Waals surface area contributed by atoms with Gasteiger partial charge in [-0.1, -0.05) is 12.1 Å². The smallest absolute Gasteiger partial charge is 0.175 e. The monoisotopic (exact) mass is 187 g/mol. The van der Waals surface area contributed by atoms with Gasteiger partial charge in [0, 0.05) is 18.3 Å². The van der Waals surface area contributed by atoms with Gasteiger partial charge in [0.1, 0.15) is 0 Å². The first-order valence-electron chi connectivity index (χ1n) is 3.96. The van der Waals surface area contributed by atoms with E-state index < -0.39 is 0 Å². The normalized spacial score (nSPS) is 13.2. The van der Waals surface area contributed by atoms with Gasteiger partial charge in [0.25, 0.3) is 0 Å². The van der Waals surface area contributed by atoms with Crippen molar-refractivity contribution in [2.45, 2.75) is 25.1 Å². The van der Waals surface area contributed by atoms with Crippen LogP contribution < -0.4 is 5.32 Å². The summed E-state index contributed by atoms with van der Waals surface area (Å²) in [6.45, 7) is 2.92. The van der Waals surface area contributed by atoms with Crippen LogP contribution in [0.25, 0.3) is 0 Å². The number of nitrogens with one attached hydrogen (secondary N) is 2. The fourth-order valence-corrected chi connectivity index (χ4v) is 0.912. The van der Waals surface area contributed by atoms with Crippen molar-refractivity contribution >= 4 is 12.6 Å². The summed E-state index contributed by atoms with van der Waals surface area (Å²) in [7, 11) is 0.